The van der Waals surface area contributed by atoms with Gasteiger partial charge in [-0.05, 0) is 42.8 Å². The average Bonchev–Trinajstić information content (AvgIpc) is 2.67. The summed E-state index contributed by atoms with van der Waals surface area (Å²) in [5, 5.41) is 12.1. The molecule has 1 N–H and O–H groups in total. The number of carbonyl (C=O) groups is 1. The number of amides is 1. The van der Waals surface area contributed by atoms with Crippen LogP contribution >= 0.6 is 0 Å². The first-order valence-electron chi connectivity index (χ1n) is 8.26. The van der Waals surface area contributed by atoms with Gasteiger partial charge in [0.15, 0.2) is 11.5 Å². The summed E-state index contributed by atoms with van der Waals surface area (Å²) in [5.41, 5.74) is 1.18. The van der Waals surface area contributed by atoms with Crippen LogP contribution in [0.5, 0.6) is 17.2 Å². The van der Waals surface area contributed by atoms with Gasteiger partial charge in [0.05, 0.1) is 12.3 Å². The summed E-state index contributed by atoms with van der Waals surface area (Å²) in [6.45, 7) is 3.32. The largest absolute Gasteiger partial charge is 0.492 e. The first-order chi connectivity index (χ1) is 12.7. The lowest BCUT2D eigenvalue weighted by Crippen LogP contribution is -2.15. The molecule has 6 heteroatoms. The maximum atomic E-state index is 12.5. The van der Waals surface area contributed by atoms with E-state index in [0.717, 1.165) is 0 Å². The highest BCUT2D eigenvalue weighted by atomic mass is 16.6. The highest BCUT2D eigenvalue weighted by Gasteiger charge is 2.14. The van der Waals surface area contributed by atoms with E-state index in [1.807, 2.05) is 19.1 Å². The van der Waals surface area contributed by atoms with Crippen LogP contribution in [0.3, 0.4) is 0 Å². The van der Waals surface area contributed by atoms with Gasteiger partial charge in [0.1, 0.15) is 30.6 Å². The molecule has 0 unspecified atom stereocenters. The molecule has 132 valence electrons. The van der Waals surface area contributed by atoms with Gasteiger partial charge in [-0.3, -0.25) is 4.79 Å². The van der Waals surface area contributed by atoms with Crippen molar-refractivity contribution < 1.29 is 19.0 Å². The molecule has 2 aromatic carbocycles. The number of ether oxygens (including phenoxy) is 3. The molecular formula is C20H18N2O4. The van der Waals surface area contributed by atoms with Crippen molar-refractivity contribution in [3.05, 3.63) is 53.6 Å². The molecule has 0 aliphatic carbocycles. The number of hydrogen-bond donors (Lipinski definition) is 1. The van der Waals surface area contributed by atoms with E-state index in [-0.39, 0.29) is 5.57 Å². The molecule has 2 aromatic rings. The maximum absolute atomic E-state index is 12.5. The summed E-state index contributed by atoms with van der Waals surface area (Å²) in [7, 11) is 0. The van der Waals surface area contributed by atoms with Gasteiger partial charge in [0.25, 0.3) is 5.91 Å². The van der Waals surface area contributed by atoms with Gasteiger partial charge in [-0.25, -0.2) is 0 Å². The lowest BCUT2D eigenvalue weighted by molar-refractivity contribution is -0.112. The summed E-state index contributed by atoms with van der Waals surface area (Å²) in [6, 6.07) is 14.3. The molecule has 6 nitrogen and oxygen atoms in total. The smallest absolute Gasteiger partial charge is 0.266 e. The Balaban J connectivity index is 1.81. The van der Waals surface area contributed by atoms with E-state index in [1.165, 1.54) is 6.08 Å². The van der Waals surface area contributed by atoms with Crippen molar-refractivity contribution in [3.63, 3.8) is 0 Å². The Bertz CT molecular complexity index is 884. The van der Waals surface area contributed by atoms with E-state index in [1.54, 1.807) is 36.4 Å². The highest BCUT2D eigenvalue weighted by Crippen LogP contribution is 2.31. The van der Waals surface area contributed by atoms with Crippen molar-refractivity contribution in [2.24, 2.45) is 0 Å². The molecule has 0 radical (unpaired) electrons. The fourth-order valence-corrected chi connectivity index (χ4v) is 2.51. The van der Waals surface area contributed by atoms with Gasteiger partial charge in [0, 0.05) is 0 Å². The zero-order valence-corrected chi connectivity index (χ0v) is 14.3. The molecule has 1 aliphatic heterocycles. The summed E-state index contributed by atoms with van der Waals surface area (Å²) >= 11 is 0. The first-order valence-corrected chi connectivity index (χ1v) is 8.26. The number of carbonyl (C=O) groups excluding carboxylic acids is 1. The third-order valence-corrected chi connectivity index (χ3v) is 3.68. The maximum Gasteiger partial charge on any atom is 0.266 e. The van der Waals surface area contributed by atoms with Gasteiger partial charge in [0.2, 0.25) is 0 Å². The SMILES string of the molecule is CCOc1ccccc1NC(=O)C(C#N)=Cc1ccc2c(c1)OCCO2. The van der Waals surface area contributed by atoms with Crippen molar-refractivity contribution in [1.82, 2.24) is 0 Å². The number of para-hydroxylation sites is 2. The molecular weight excluding hydrogens is 332 g/mol. The normalized spacial score (nSPS) is 12.8. The molecule has 26 heavy (non-hydrogen) atoms. The minimum atomic E-state index is -0.505. The van der Waals surface area contributed by atoms with Crippen LogP contribution in [0.2, 0.25) is 0 Å². The van der Waals surface area contributed by atoms with E-state index < -0.39 is 5.91 Å². The summed E-state index contributed by atoms with van der Waals surface area (Å²) in [6.07, 6.45) is 1.51. The van der Waals surface area contributed by atoms with E-state index in [2.05, 4.69) is 5.32 Å². The van der Waals surface area contributed by atoms with Crippen molar-refractivity contribution in [1.29, 1.82) is 5.26 Å². The van der Waals surface area contributed by atoms with Crippen LogP contribution in [0, 0.1) is 11.3 Å². The third-order valence-electron chi connectivity index (χ3n) is 3.68. The van der Waals surface area contributed by atoms with Crippen molar-refractivity contribution >= 4 is 17.7 Å². The molecule has 3 rings (SSSR count). The number of fused-ring (bicyclic) bond motifs is 1. The number of hydrogen-bond acceptors (Lipinski definition) is 5. The molecule has 0 saturated heterocycles. The minimum absolute atomic E-state index is 0.0204. The minimum Gasteiger partial charge on any atom is -0.492 e. The number of benzene rings is 2. The van der Waals surface area contributed by atoms with Crippen molar-refractivity contribution in [2.45, 2.75) is 6.92 Å². The lowest BCUT2D eigenvalue weighted by Gasteiger charge is -2.18. The standard InChI is InChI=1S/C20H18N2O4/c1-2-24-17-6-4-3-5-16(17)22-20(23)15(13-21)11-14-7-8-18-19(12-14)26-10-9-25-18/h3-8,11-12H,2,9-10H2,1H3,(H,22,23). The fourth-order valence-electron chi connectivity index (χ4n) is 2.51. The van der Waals surface area contributed by atoms with Crippen LogP contribution in [0.1, 0.15) is 12.5 Å². The zero-order chi connectivity index (χ0) is 18.4. The molecule has 1 aliphatic rings. The summed E-state index contributed by atoms with van der Waals surface area (Å²) in [5.74, 6) is 1.31. The molecule has 0 aromatic heterocycles. The van der Waals surface area contributed by atoms with Gasteiger partial charge in [-0.1, -0.05) is 18.2 Å². The third kappa shape index (κ3) is 3.95. The molecule has 1 amide bonds. The Morgan fingerprint density at radius 1 is 1.23 bits per heavy atom. The molecule has 0 fully saturated rings. The van der Waals surface area contributed by atoms with Crippen LogP contribution in [0.4, 0.5) is 5.69 Å². The van der Waals surface area contributed by atoms with Crippen LogP contribution < -0.4 is 19.5 Å². The van der Waals surface area contributed by atoms with Crippen LogP contribution in [0.25, 0.3) is 6.08 Å². The summed E-state index contributed by atoms with van der Waals surface area (Å²) in [4.78, 5) is 12.5. The average molecular weight is 350 g/mol. The second-order valence-electron chi connectivity index (χ2n) is 5.46. The van der Waals surface area contributed by atoms with Crippen molar-refractivity contribution in [3.8, 4) is 23.3 Å². The van der Waals surface area contributed by atoms with Crippen LogP contribution in [-0.4, -0.2) is 25.7 Å². The van der Waals surface area contributed by atoms with E-state index in [0.29, 0.717) is 48.3 Å². The Kier molecular flexibility index (Phi) is 5.40. The summed E-state index contributed by atoms with van der Waals surface area (Å²) < 4.78 is 16.5. The first kappa shape index (κ1) is 17.4. The molecule has 0 atom stereocenters. The van der Waals surface area contributed by atoms with Gasteiger partial charge in [-0.15, -0.1) is 0 Å². The monoisotopic (exact) mass is 350 g/mol. The number of anilines is 1. The van der Waals surface area contributed by atoms with Crippen LogP contribution in [0.15, 0.2) is 48.0 Å². The zero-order valence-electron chi connectivity index (χ0n) is 14.3. The Morgan fingerprint density at radius 3 is 2.77 bits per heavy atom. The number of nitriles is 1. The van der Waals surface area contributed by atoms with E-state index in [4.69, 9.17) is 14.2 Å². The van der Waals surface area contributed by atoms with E-state index in [9.17, 15) is 10.1 Å². The molecule has 1 heterocycles. The molecule has 0 bridgehead atoms. The van der Waals surface area contributed by atoms with Crippen LogP contribution in [-0.2, 0) is 4.79 Å². The Labute approximate surface area is 151 Å². The highest BCUT2D eigenvalue weighted by molar-refractivity contribution is 6.10. The second kappa shape index (κ2) is 8.08. The molecule has 0 saturated carbocycles. The molecule has 0 spiro atoms. The predicted molar refractivity (Wildman–Crippen MR) is 97.3 cm³/mol. The Hall–Kier alpha value is -3.46. The topological polar surface area (TPSA) is 80.6 Å². The number of rotatable bonds is 5. The quantitative estimate of drug-likeness (QED) is 0.660. The number of nitrogens with one attached hydrogen (secondary N) is 1. The van der Waals surface area contributed by atoms with Gasteiger partial charge < -0.3 is 19.5 Å². The van der Waals surface area contributed by atoms with E-state index >= 15 is 0 Å². The predicted octanol–water partition coefficient (Wildman–Crippen LogP) is 3.40. The lowest BCUT2D eigenvalue weighted by atomic mass is 10.1. The fraction of sp³-hybridized carbons (Fsp3) is 0.200. The van der Waals surface area contributed by atoms with Gasteiger partial charge >= 0.3 is 0 Å². The Morgan fingerprint density at radius 2 is 2.00 bits per heavy atom. The van der Waals surface area contributed by atoms with Gasteiger partial charge in [-0.2, -0.15) is 5.26 Å². The second-order valence-corrected chi connectivity index (χ2v) is 5.46. The number of nitrogens with zero attached hydrogens (tertiary/aromatic N) is 1. The van der Waals surface area contributed by atoms with Crippen molar-refractivity contribution in [2.75, 3.05) is 25.1 Å².